The molecule has 0 aromatic carbocycles. The third-order valence-electron chi connectivity index (χ3n) is 9.56. The van der Waals surface area contributed by atoms with Gasteiger partial charge in [-0.25, -0.2) is 19.2 Å². The Labute approximate surface area is 284 Å². The predicted molar refractivity (Wildman–Crippen MR) is 176 cm³/mol. The van der Waals surface area contributed by atoms with Crippen molar-refractivity contribution in [3.05, 3.63) is 0 Å². The van der Waals surface area contributed by atoms with E-state index in [1.54, 1.807) is 23.8 Å². The van der Waals surface area contributed by atoms with Crippen LogP contribution in [0.2, 0.25) is 0 Å². The summed E-state index contributed by atoms with van der Waals surface area (Å²) >= 11 is 0. The fourth-order valence-electron chi connectivity index (χ4n) is 6.47. The molecule has 0 spiro atoms. The number of carboxylic acid groups (broad SMARTS) is 1. The van der Waals surface area contributed by atoms with Crippen LogP contribution < -0.4 is 5.32 Å². The van der Waals surface area contributed by atoms with Gasteiger partial charge in [0.15, 0.2) is 11.2 Å². The van der Waals surface area contributed by atoms with Crippen LogP contribution in [0.5, 0.6) is 0 Å². The number of nitrogens with one attached hydrogen (secondary N) is 1. The zero-order valence-electron chi connectivity index (χ0n) is 29.6. The van der Waals surface area contributed by atoms with E-state index in [0.717, 1.165) is 58.4 Å². The average Bonchev–Trinajstić information content (AvgIpc) is 3.50. The lowest BCUT2D eigenvalue weighted by atomic mass is 9.89. The fourth-order valence-corrected chi connectivity index (χ4v) is 6.47. The first-order chi connectivity index (χ1) is 23.0. The summed E-state index contributed by atoms with van der Waals surface area (Å²) in [6.45, 7) is 10.1. The van der Waals surface area contributed by atoms with Gasteiger partial charge in [-0.3, -0.25) is 4.79 Å². The van der Waals surface area contributed by atoms with Gasteiger partial charge >= 0.3 is 24.1 Å². The Balaban J connectivity index is 0.000000272. The molecule has 4 aliphatic heterocycles. The average molecular weight is 687 g/mol. The standard InChI is InChI=1S/C16H28N2O5.C9H15NO3.C8H15NO3/c1-3-23-15(21)18-9-4-5-13(6-10-18)17-11-7-16(22-2,8-12-17)14(19)20;1-2-13-9(12)10-6-3-4-8(11)5-7-10;1-11-7(10)8(12-2)3-5-9-6-4-8/h13H,3-12H2,1-2H3,(H,19,20);2-7H2,1H3;9H,3-6H2,1-2H3. The van der Waals surface area contributed by atoms with Crippen LogP contribution in [0.25, 0.3) is 0 Å². The van der Waals surface area contributed by atoms with Gasteiger partial charge in [-0.05, 0) is 78.3 Å². The summed E-state index contributed by atoms with van der Waals surface area (Å²) in [5.74, 6) is -0.882. The quantitative estimate of drug-likeness (QED) is 0.296. The van der Waals surface area contributed by atoms with Crippen molar-refractivity contribution in [1.29, 1.82) is 0 Å². The number of carbonyl (C=O) groups excluding carboxylic acids is 4. The van der Waals surface area contributed by atoms with Crippen LogP contribution in [0, 0.1) is 0 Å². The Kier molecular flexibility index (Phi) is 18.1. The normalized spacial score (nSPS) is 22.7. The van der Waals surface area contributed by atoms with E-state index in [-0.39, 0.29) is 23.9 Å². The molecule has 15 nitrogen and oxygen atoms in total. The Morgan fingerprint density at radius 3 is 1.83 bits per heavy atom. The highest BCUT2D eigenvalue weighted by Gasteiger charge is 2.43. The molecular weight excluding hydrogens is 628 g/mol. The van der Waals surface area contributed by atoms with Gasteiger partial charge in [-0.15, -0.1) is 0 Å². The number of methoxy groups -OCH3 is 3. The number of carbonyl (C=O) groups is 5. The molecule has 0 aromatic heterocycles. The Bertz CT molecular complexity index is 1030. The molecule has 0 radical (unpaired) electrons. The Morgan fingerprint density at radius 2 is 1.31 bits per heavy atom. The van der Waals surface area contributed by atoms with E-state index in [0.29, 0.717) is 77.4 Å². The van der Waals surface area contributed by atoms with Crippen molar-refractivity contribution in [2.45, 2.75) is 95.3 Å². The molecular formula is C33H58N4O11. The lowest BCUT2D eigenvalue weighted by molar-refractivity contribution is -0.169. The molecule has 4 fully saturated rings. The molecule has 2 N–H and O–H groups in total. The van der Waals surface area contributed by atoms with Crippen LogP contribution in [0.15, 0.2) is 0 Å². The van der Waals surface area contributed by atoms with Crippen LogP contribution in [0.1, 0.15) is 78.1 Å². The number of Topliss-reactive ketones (excluding diaryl/α,β-unsaturated/α-hetero) is 1. The highest BCUT2D eigenvalue weighted by molar-refractivity contribution is 5.80. The first kappa shape index (κ1) is 41.2. The van der Waals surface area contributed by atoms with Crippen molar-refractivity contribution in [3.63, 3.8) is 0 Å². The maximum absolute atomic E-state index is 11.8. The zero-order valence-corrected chi connectivity index (χ0v) is 29.6. The van der Waals surface area contributed by atoms with Crippen LogP contribution in [-0.2, 0) is 38.1 Å². The third kappa shape index (κ3) is 12.1. The largest absolute Gasteiger partial charge is 0.479 e. The van der Waals surface area contributed by atoms with Gasteiger partial charge in [0.2, 0.25) is 0 Å². The minimum absolute atomic E-state index is 0.226. The Morgan fingerprint density at radius 1 is 0.750 bits per heavy atom. The van der Waals surface area contributed by atoms with Crippen molar-refractivity contribution in [2.75, 3.05) is 86.9 Å². The van der Waals surface area contributed by atoms with Gasteiger partial charge in [0, 0.05) is 72.4 Å². The van der Waals surface area contributed by atoms with E-state index in [1.165, 1.54) is 14.2 Å². The number of ether oxygens (including phenoxy) is 5. The molecule has 1 atom stereocenters. The predicted octanol–water partition coefficient (Wildman–Crippen LogP) is 2.69. The summed E-state index contributed by atoms with van der Waals surface area (Å²) in [5.41, 5.74) is -1.72. The highest BCUT2D eigenvalue weighted by atomic mass is 16.6. The lowest BCUT2D eigenvalue weighted by Gasteiger charge is -2.41. The van der Waals surface area contributed by atoms with Crippen LogP contribution in [0.4, 0.5) is 9.59 Å². The number of esters is 1. The van der Waals surface area contributed by atoms with Gasteiger partial charge in [0.25, 0.3) is 0 Å². The highest BCUT2D eigenvalue weighted by Crippen LogP contribution is 2.29. The van der Waals surface area contributed by atoms with Gasteiger partial charge in [0.1, 0.15) is 5.78 Å². The number of amides is 2. The van der Waals surface area contributed by atoms with Crippen molar-refractivity contribution >= 4 is 29.9 Å². The summed E-state index contributed by atoms with van der Waals surface area (Å²) in [7, 11) is 4.43. The first-order valence-corrected chi connectivity index (χ1v) is 17.2. The molecule has 276 valence electrons. The molecule has 0 aromatic rings. The molecule has 4 saturated heterocycles. The number of aliphatic carboxylic acids is 1. The molecule has 2 amide bonds. The summed E-state index contributed by atoms with van der Waals surface area (Å²) in [6.07, 6.45) is 6.60. The number of hydrogen-bond donors (Lipinski definition) is 2. The molecule has 0 aliphatic carbocycles. The molecule has 1 unspecified atom stereocenters. The van der Waals surface area contributed by atoms with Crippen molar-refractivity contribution in [3.8, 4) is 0 Å². The van der Waals surface area contributed by atoms with E-state index >= 15 is 0 Å². The lowest BCUT2D eigenvalue weighted by Crippen LogP contribution is -2.53. The van der Waals surface area contributed by atoms with Crippen LogP contribution in [-0.4, -0.2) is 154 Å². The maximum atomic E-state index is 11.8. The SMILES string of the molecule is CCOC(=O)N1CCCC(=O)CC1.CCOC(=O)N1CCCC(N2CCC(OC)(C(=O)O)CC2)CC1.COC(=O)C1(OC)CCNCC1. The molecule has 0 bridgehead atoms. The van der Waals surface area contributed by atoms with E-state index in [9.17, 15) is 29.1 Å². The second kappa shape index (κ2) is 21.2. The van der Waals surface area contributed by atoms with Gasteiger partial charge < -0.3 is 48.8 Å². The maximum Gasteiger partial charge on any atom is 0.409 e. The Hall–Kier alpha value is -3.01. The molecule has 4 aliphatic rings. The van der Waals surface area contributed by atoms with E-state index in [1.807, 2.05) is 6.92 Å². The second-order valence-electron chi connectivity index (χ2n) is 12.3. The number of likely N-dealkylation sites (tertiary alicyclic amines) is 3. The molecule has 4 rings (SSSR count). The van der Waals surface area contributed by atoms with Crippen molar-refractivity contribution < 1.29 is 52.8 Å². The summed E-state index contributed by atoms with van der Waals surface area (Å²) in [6, 6.07) is 0.401. The third-order valence-corrected chi connectivity index (χ3v) is 9.56. The number of hydrogen-bond acceptors (Lipinski definition) is 12. The van der Waals surface area contributed by atoms with E-state index in [4.69, 9.17) is 23.7 Å². The minimum atomic E-state index is -1.03. The van der Waals surface area contributed by atoms with Crippen molar-refractivity contribution in [1.82, 2.24) is 20.0 Å². The summed E-state index contributed by atoms with van der Waals surface area (Å²) in [5, 5.41) is 12.5. The number of carboxylic acids is 1. The number of nitrogens with zero attached hydrogens (tertiary/aromatic N) is 3. The minimum Gasteiger partial charge on any atom is -0.479 e. The summed E-state index contributed by atoms with van der Waals surface area (Å²) in [4.78, 5) is 62.6. The van der Waals surface area contributed by atoms with E-state index < -0.39 is 17.2 Å². The van der Waals surface area contributed by atoms with Gasteiger partial charge in [-0.1, -0.05) is 0 Å². The number of ketones is 1. The smallest absolute Gasteiger partial charge is 0.409 e. The van der Waals surface area contributed by atoms with Crippen molar-refractivity contribution in [2.24, 2.45) is 0 Å². The fraction of sp³-hybridized carbons (Fsp3) is 0.848. The van der Waals surface area contributed by atoms with Gasteiger partial charge in [0.05, 0.1) is 20.3 Å². The molecule has 4 heterocycles. The second-order valence-corrected chi connectivity index (χ2v) is 12.3. The first-order valence-electron chi connectivity index (χ1n) is 17.2. The van der Waals surface area contributed by atoms with E-state index in [2.05, 4.69) is 10.2 Å². The van der Waals surface area contributed by atoms with Gasteiger partial charge in [-0.2, -0.15) is 0 Å². The molecule has 15 heteroatoms. The van der Waals surface area contributed by atoms with Crippen LogP contribution in [0.3, 0.4) is 0 Å². The molecule has 48 heavy (non-hydrogen) atoms. The number of rotatable bonds is 7. The van der Waals surface area contributed by atoms with Crippen LogP contribution >= 0.6 is 0 Å². The monoisotopic (exact) mass is 686 g/mol. The molecule has 0 saturated carbocycles. The number of piperidine rings is 2. The zero-order chi connectivity index (χ0) is 35.6. The topological polar surface area (TPSA) is 173 Å². The summed E-state index contributed by atoms with van der Waals surface area (Å²) < 4.78 is 25.1.